The summed E-state index contributed by atoms with van der Waals surface area (Å²) in [4.78, 5) is 11.2. The summed E-state index contributed by atoms with van der Waals surface area (Å²) >= 11 is 5.46. The maximum absolute atomic E-state index is 13.0. The second-order valence-electron chi connectivity index (χ2n) is 3.59. The number of benzene rings is 1. The van der Waals surface area contributed by atoms with E-state index in [-0.39, 0.29) is 0 Å². The Morgan fingerprint density at radius 3 is 2.40 bits per heavy atom. The van der Waals surface area contributed by atoms with Gasteiger partial charge in [-0.3, -0.25) is 4.79 Å². The van der Waals surface area contributed by atoms with Crippen molar-refractivity contribution >= 4 is 16.8 Å². The zero-order chi connectivity index (χ0) is 11.6. The molecule has 1 nitrogen and oxygen atoms in total. The van der Waals surface area contributed by atoms with Crippen molar-refractivity contribution in [3.05, 3.63) is 35.4 Å². The normalized spacial score (nSPS) is 14.7. The summed E-state index contributed by atoms with van der Waals surface area (Å²) in [7, 11) is 0. The Labute approximate surface area is 92.1 Å². The standard InChI is InChI=1S/C11H11ClF2O/c1-3-11(2,10(12)15)7-4-5-8(13)9(14)6-7/h4-6H,3H2,1-2H3. The predicted molar refractivity (Wildman–Crippen MR) is 54.9 cm³/mol. The molecule has 1 atom stereocenters. The predicted octanol–water partition coefficient (Wildman–Crippen LogP) is 3.40. The lowest BCUT2D eigenvalue weighted by atomic mass is 9.81. The van der Waals surface area contributed by atoms with Crippen LogP contribution in [0.4, 0.5) is 8.78 Å². The van der Waals surface area contributed by atoms with E-state index in [1.807, 2.05) is 0 Å². The van der Waals surface area contributed by atoms with E-state index in [2.05, 4.69) is 0 Å². The molecule has 0 aliphatic heterocycles. The molecule has 15 heavy (non-hydrogen) atoms. The van der Waals surface area contributed by atoms with E-state index in [1.54, 1.807) is 13.8 Å². The number of hydrogen-bond donors (Lipinski definition) is 0. The molecule has 1 rings (SSSR count). The average molecular weight is 233 g/mol. The van der Waals surface area contributed by atoms with Crippen LogP contribution in [0.3, 0.4) is 0 Å². The highest BCUT2D eigenvalue weighted by molar-refractivity contribution is 6.65. The van der Waals surface area contributed by atoms with Crippen molar-refractivity contribution < 1.29 is 13.6 Å². The van der Waals surface area contributed by atoms with Gasteiger partial charge in [0.1, 0.15) is 0 Å². The van der Waals surface area contributed by atoms with Crippen molar-refractivity contribution in [2.45, 2.75) is 25.7 Å². The largest absolute Gasteiger partial charge is 0.280 e. The molecule has 0 heterocycles. The third kappa shape index (κ3) is 2.17. The summed E-state index contributed by atoms with van der Waals surface area (Å²) in [6, 6.07) is 3.39. The Bertz CT molecular complexity index is 392. The molecule has 0 bridgehead atoms. The monoisotopic (exact) mass is 232 g/mol. The number of rotatable bonds is 3. The van der Waals surface area contributed by atoms with Crippen LogP contribution >= 0.6 is 11.6 Å². The molecule has 0 saturated heterocycles. The van der Waals surface area contributed by atoms with E-state index in [1.165, 1.54) is 6.07 Å². The molecule has 0 aliphatic carbocycles. The molecule has 82 valence electrons. The highest BCUT2D eigenvalue weighted by atomic mass is 35.5. The smallest absolute Gasteiger partial charge is 0.231 e. The first-order valence-corrected chi connectivity index (χ1v) is 4.95. The van der Waals surface area contributed by atoms with Crippen LogP contribution in [0.15, 0.2) is 18.2 Å². The number of halogens is 3. The van der Waals surface area contributed by atoms with Gasteiger partial charge in [-0.05, 0) is 42.6 Å². The summed E-state index contributed by atoms with van der Waals surface area (Å²) in [6.07, 6.45) is 0.431. The fourth-order valence-corrected chi connectivity index (χ4v) is 1.54. The van der Waals surface area contributed by atoms with Crippen LogP contribution in [0.5, 0.6) is 0 Å². The van der Waals surface area contributed by atoms with Gasteiger partial charge >= 0.3 is 0 Å². The molecule has 0 saturated carbocycles. The maximum Gasteiger partial charge on any atom is 0.231 e. The van der Waals surface area contributed by atoms with E-state index >= 15 is 0 Å². The minimum Gasteiger partial charge on any atom is -0.280 e. The van der Waals surface area contributed by atoms with Crippen molar-refractivity contribution in [2.24, 2.45) is 0 Å². The van der Waals surface area contributed by atoms with Crippen LogP contribution < -0.4 is 0 Å². The number of carbonyl (C=O) groups excluding carboxylic acids is 1. The Morgan fingerprint density at radius 1 is 1.40 bits per heavy atom. The molecular weight excluding hydrogens is 222 g/mol. The third-order valence-corrected chi connectivity index (χ3v) is 3.11. The van der Waals surface area contributed by atoms with Gasteiger partial charge in [0.15, 0.2) is 11.6 Å². The molecule has 0 N–H and O–H groups in total. The van der Waals surface area contributed by atoms with Gasteiger partial charge in [-0.25, -0.2) is 8.78 Å². The molecule has 0 fully saturated rings. The minimum absolute atomic E-state index is 0.393. The quantitative estimate of drug-likeness (QED) is 0.730. The first-order valence-electron chi connectivity index (χ1n) is 4.57. The van der Waals surface area contributed by atoms with Crippen LogP contribution in [-0.4, -0.2) is 5.24 Å². The molecule has 0 aliphatic rings. The van der Waals surface area contributed by atoms with Crippen LogP contribution in [0.1, 0.15) is 25.8 Å². The zero-order valence-corrected chi connectivity index (χ0v) is 9.24. The summed E-state index contributed by atoms with van der Waals surface area (Å²) in [5, 5.41) is -0.573. The fraction of sp³-hybridized carbons (Fsp3) is 0.364. The van der Waals surface area contributed by atoms with E-state index in [9.17, 15) is 13.6 Å². The van der Waals surface area contributed by atoms with Gasteiger partial charge in [0.2, 0.25) is 5.24 Å². The van der Waals surface area contributed by atoms with E-state index < -0.39 is 22.3 Å². The lowest BCUT2D eigenvalue weighted by Gasteiger charge is -2.24. The van der Waals surface area contributed by atoms with Gasteiger partial charge in [0, 0.05) is 0 Å². The second-order valence-corrected chi connectivity index (χ2v) is 3.93. The highest BCUT2D eigenvalue weighted by Crippen LogP contribution is 2.30. The van der Waals surface area contributed by atoms with Crippen molar-refractivity contribution in [3.8, 4) is 0 Å². The van der Waals surface area contributed by atoms with Gasteiger partial charge in [-0.1, -0.05) is 13.0 Å². The molecule has 0 amide bonds. The lowest BCUT2D eigenvalue weighted by molar-refractivity contribution is -0.116. The van der Waals surface area contributed by atoms with Gasteiger partial charge in [0.25, 0.3) is 0 Å². The molecule has 1 aromatic rings. The lowest BCUT2D eigenvalue weighted by Crippen LogP contribution is -2.28. The third-order valence-electron chi connectivity index (χ3n) is 2.70. The van der Waals surface area contributed by atoms with Gasteiger partial charge in [0.05, 0.1) is 5.41 Å². The summed E-state index contributed by atoms with van der Waals surface area (Å²) < 4.78 is 25.7. The fourth-order valence-electron chi connectivity index (χ4n) is 1.30. The SMILES string of the molecule is CCC(C)(C(=O)Cl)c1ccc(F)c(F)c1. The molecule has 0 radical (unpaired) electrons. The summed E-state index contributed by atoms with van der Waals surface area (Å²) in [5.41, 5.74) is -0.570. The van der Waals surface area contributed by atoms with E-state index in [4.69, 9.17) is 11.6 Å². The number of carbonyl (C=O) groups is 1. The van der Waals surface area contributed by atoms with Crippen molar-refractivity contribution in [1.29, 1.82) is 0 Å². The van der Waals surface area contributed by atoms with Gasteiger partial charge in [-0.15, -0.1) is 0 Å². The van der Waals surface area contributed by atoms with E-state index in [0.717, 1.165) is 12.1 Å². The topological polar surface area (TPSA) is 17.1 Å². The molecule has 0 spiro atoms. The Morgan fingerprint density at radius 2 is 2.00 bits per heavy atom. The van der Waals surface area contributed by atoms with Crippen LogP contribution in [0.25, 0.3) is 0 Å². The molecule has 4 heteroatoms. The highest BCUT2D eigenvalue weighted by Gasteiger charge is 2.32. The maximum atomic E-state index is 13.0. The van der Waals surface area contributed by atoms with Crippen molar-refractivity contribution in [2.75, 3.05) is 0 Å². The molecule has 0 aromatic heterocycles. The molecule has 1 aromatic carbocycles. The minimum atomic E-state index is -0.968. The van der Waals surface area contributed by atoms with Gasteiger partial charge in [-0.2, -0.15) is 0 Å². The molecule has 1 unspecified atom stereocenters. The van der Waals surface area contributed by atoms with E-state index in [0.29, 0.717) is 12.0 Å². The first kappa shape index (κ1) is 12.1. The average Bonchev–Trinajstić information content (AvgIpc) is 2.20. The van der Waals surface area contributed by atoms with Crippen LogP contribution in [0.2, 0.25) is 0 Å². The van der Waals surface area contributed by atoms with Crippen LogP contribution in [-0.2, 0) is 10.2 Å². The molecular formula is C11H11ClF2O. The summed E-state index contributed by atoms with van der Waals surface area (Å²) in [6.45, 7) is 3.37. The summed E-state index contributed by atoms with van der Waals surface area (Å²) in [5.74, 6) is -1.90. The van der Waals surface area contributed by atoms with Crippen molar-refractivity contribution in [3.63, 3.8) is 0 Å². The Hall–Kier alpha value is -0.960. The first-order chi connectivity index (χ1) is 6.91. The van der Waals surface area contributed by atoms with Gasteiger partial charge < -0.3 is 0 Å². The van der Waals surface area contributed by atoms with Crippen LogP contribution in [0, 0.1) is 11.6 Å². The second kappa shape index (κ2) is 4.27. The van der Waals surface area contributed by atoms with Crippen molar-refractivity contribution in [1.82, 2.24) is 0 Å². The Balaban J connectivity index is 3.25. The number of hydrogen-bond acceptors (Lipinski definition) is 1. The zero-order valence-electron chi connectivity index (χ0n) is 8.48. The Kier molecular flexibility index (Phi) is 3.45.